The number of hydrogen-bond acceptors (Lipinski definition) is 3. The van der Waals surface area contributed by atoms with E-state index in [4.69, 9.17) is 4.74 Å². The lowest BCUT2D eigenvalue weighted by molar-refractivity contribution is -0.973. The van der Waals surface area contributed by atoms with Crippen molar-refractivity contribution >= 4 is 10.9 Å². The molecule has 2 aromatic rings. The molecule has 4 heteroatoms. The summed E-state index contributed by atoms with van der Waals surface area (Å²) in [7, 11) is 1.68. The Hall–Kier alpha value is -1.91. The Morgan fingerprint density at radius 2 is 2.25 bits per heavy atom. The fraction of sp³-hybridized carbons (Fsp3) is 0.542. The van der Waals surface area contributed by atoms with Crippen LogP contribution in [0.15, 0.2) is 43.1 Å². The van der Waals surface area contributed by atoms with Gasteiger partial charge in [-0.05, 0) is 42.2 Å². The molecule has 150 valence electrons. The highest BCUT2D eigenvalue weighted by molar-refractivity contribution is 5.83. The number of benzene rings is 1. The Bertz CT molecular complexity index is 852. The topological polar surface area (TPSA) is 42.4 Å². The van der Waals surface area contributed by atoms with E-state index in [0.717, 1.165) is 46.2 Å². The molecule has 28 heavy (non-hydrogen) atoms. The Kier molecular flexibility index (Phi) is 5.44. The van der Waals surface area contributed by atoms with Crippen LogP contribution >= 0.6 is 0 Å². The number of aliphatic hydroxyl groups excluding tert-OH is 1. The van der Waals surface area contributed by atoms with Crippen LogP contribution in [-0.2, 0) is 0 Å². The second-order valence-corrected chi connectivity index (χ2v) is 8.68. The Balaban J connectivity index is 1.73. The van der Waals surface area contributed by atoms with E-state index in [-0.39, 0.29) is 6.04 Å². The smallest absolute Gasteiger partial charge is 0.131 e. The zero-order chi connectivity index (χ0) is 19.7. The normalized spacial score (nSPS) is 30.3. The molecule has 0 aliphatic carbocycles. The number of fused-ring (bicyclic) bond motifs is 4. The lowest BCUT2D eigenvalue weighted by Gasteiger charge is -2.58. The van der Waals surface area contributed by atoms with Crippen molar-refractivity contribution in [1.29, 1.82) is 0 Å². The summed E-state index contributed by atoms with van der Waals surface area (Å²) in [5.74, 6) is 2.05. The minimum Gasteiger partial charge on any atom is -0.497 e. The molecule has 3 unspecified atom stereocenters. The van der Waals surface area contributed by atoms with Gasteiger partial charge in [0.2, 0.25) is 0 Å². The fourth-order valence-electron chi connectivity index (χ4n) is 5.70. The minimum atomic E-state index is -0.483. The van der Waals surface area contributed by atoms with Crippen LogP contribution < -0.4 is 4.74 Å². The Morgan fingerprint density at radius 3 is 3.00 bits per heavy atom. The third-order valence-electron chi connectivity index (χ3n) is 7.30. The molecule has 3 saturated heterocycles. The second-order valence-electron chi connectivity index (χ2n) is 8.68. The summed E-state index contributed by atoms with van der Waals surface area (Å²) in [6.45, 7) is 9.83. The molecule has 0 saturated carbocycles. The zero-order valence-corrected chi connectivity index (χ0v) is 17.2. The number of hydrogen-bond donors (Lipinski definition) is 1. The van der Waals surface area contributed by atoms with E-state index in [9.17, 15) is 5.11 Å². The molecule has 5 atom stereocenters. The predicted molar refractivity (Wildman–Crippen MR) is 113 cm³/mol. The molecule has 3 fully saturated rings. The average Bonchev–Trinajstić information content (AvgIpc) is 2.76. The average molecular weight is 382 g/mol. The van der Waals surface area contributed by atoms with Gasteiger partial charge in [-0.1, -0.05) is 19.4 Å². The fourth-order valence-corrected chi connectivity index (χ4v) is 5.70. The monoisotopic (exact) mass is 381 g/mol. The highest BCUT2D eigenvalue weighted by Gasteiger charge is 2.53. The summed E-state index contributed by atoms with van der Waals surface area (Å²) in [6, 6.07) is 8.17. The van der Waals surface area contributed by atoms with Crippen LogP contribution in [0.2, 0.25) is 0 Å². The minimum absolute atomic E-state index is 0.248. The van der Waals surface area contributed by atoms with Gasteiger partial charge in [0.1, 0.15) is 17.9 Å². The Labute approximate surface area is 168 Å². The van der Waals surface area contributed by atoms with E-state index in [1.165, 1.54) is 25.8 Å². The SMILES string of the molecule is C=CC1C[N+]2(CCCC)CCC1C[C@@H]2[C@@H](O)c1ccnc2ccc(OC)cc12. The first-order valence-corrected chi connectivity index (χ1v) is 10.7. The standard InChI is InChI=1S/C24H33N2O2/c1-4-6-12-26-13-10-18(17(5-2)16-26)14-23(26)24(27)20-9-11-25-22-8-7-19(28-3)15-21(20)22/h5,7-9,11,15,17-18,23-24,27H,2,4,6,10,12-14,16H2,1,3H3/q+1/t17?,18?,23-,24+,26?/m1/s1. The molecule has 3 aliphatic rings. The van der Waals surface area contributed by atoms with Gasteiger partial charge in [0, 0.05) is 30.3 Å². The third-order valence-corrected chi connectivity index (χ3v) is 7.30. The van der Waals surface area contributed by atoms with Gasteiger partial charge in [0.15, 0.2) is 0 Å². The predicted octanol–water partition coefficient (Wildman–Crippen LogP) is 4.49. The molecule has 0 amide bonds. The van der Waals surface area contributed by atoms with Crippen LogP contribution in [0.1, 0.15) is 44.3 Å². The van der Waals surface area contributed by atoms with Gasteiger partial charge in [-0.3, -0.25) is 4.98 Å². The summed E-state index contributed by atoms with van der Waals surface area (Å²) in [5, 5.41) is 12.6. The van der Waals surface area contributed by atoms with E-state index in [1.54, 1.807) is 7.11 Å². The van der Waals surface area contributed by atoms with Crippen molar-refractivity contribution in [2.45, 2.75) is 44.8 Å². The number of aromatic nitrogens is 1. The van der Waals surface area contributed by atoms with Crippen molar-refractivity contribution in [3.8, 4) is 5.75 Å². The van der Waals surface area contributed by atoms with Crippen LogP contribution in [0.5, 0.6) is 5.75 Å². The molecule has 0 spiro atoms. The summed E-state index contributed by atoms with van der Waals surface area (Å²) in [6.07, 6.45) is 8.25. The summed E-state index contributed by atoms with van der Waals surface area (Å²) in [5.41, 5.74) is 1.91. The van der Waals surface area contributed by atoms with E-state index in [1.807, 2.05) is 30.5 Å². The number of aliphatic hydroxyl groups is 1. The summed E-state index contributed by atoms with van der Waals surface area (Å²) >= 11 is 0. The molecular weight excluding hydrogens is 348 g/mol. The number of methoxy groups -OCH3 is 1. The maximum absolute atomic E-state index is 11.6. The van der Waals surface area contributed by atoms with Crippen molar-refractivity contribution in [3.63, 3.8) is 0 Å². The van der Waals surface area contributed by atoms with Crippen LogP contribution in [0.4, 0.5) is 0 Å². The number of quaternary nitrogens is 1. The van der Waals surface area contributed by atoms with Gasteiger partial charge in [0.25, 0.3) is 0 Å². The number of piperidine rings is 3. The molecule has 4 heterocycles. The molecule has 3 aliphatic heterocycles. The van der Waals surface area contributed by atoms with E-state index >= 15 is 0 Å². The molecule has 0 radical (unpaired) electrons. The van der Waals surface area contributed by atoms with Crippen LogP contribution in [0, 0.1) is 11.8 Å². The van der Waals surface area contributed by atoms with Crippen LogP contribution in [0.25, 0.3) is 10.9 Å². The maximum atomic E-state index is 11.6. The van der Waals surface area contributed by atoms with Gasteiger partial charge in [-0.25, -0.2) is 0 Å². The van der Waals surface area contributed by atoms with Gasteiger partial charge in [-0.2, -0.15) is 0 Å². The summed E-state index contributed by atoms with van der Waals surface area (Å²) < 4.78 is 6.47. The largest absolute Gasteiger partial charge is 0.497 e. The van der Waals surface area contributed by atoms with Crippen molar-refractivity contribution in [2.75, 3.05) is 26.7 Å². The molecule has 1 aromatic heterocycles. The number of rotatable bonds is 7. The molecule has 5 rings (SSSR count). The van der Waals surface area contributed by atoms with Crippen molar-refractivity contribution < 1.29 is 14.3 Å². The van der Waals surface area contributed by atoms with E-state index in [2.05, 4.69) is 24.6 Å². The van der Waals surface area contributed by atoms with Gasteiger partial charge < -0.3 is 14.3 Å². The highest BCUT2D eigenvalue weighted by atomic mass is 16.5. The molecule has 1 N–H and O–H groups in total. The van der Waals surface area contributed by atoms with Crippen LogP contribution in [0.3, 0.4) is 0 Å². The summed E-state index contributed by atoms with van der Waals surface area (Å²) in [4.78, 5) is 4.50. The molecule has 2 bridgehead atoms. The zero-order valence-electron chi connectivity index (χ0n) is 17.2. The lowest BCUT2D eigenvalue weighted by atomic mass is 9.71. The first-order chi connectivity index (χ1) is 13.6. The number of ether oxygens (including phenoxy) is 1. The third kappa shape index (κ3) is 3.23. The van der Waals surface area contributed by atoms with E-state index in [0.29, 0.717) is 11.8 Å². The number of nitrogens with zero attached hydrogens (tertiary/aromatic N) is 2. The van der Waals surface area contributed by atoms with Gasteiger partial charge in [-0.15, -0.1) is 6.58 Å². The van der Waals surface area contributed by atoms with Crippen molar-refractivity contribution in [2.24, 2.45) is 11.8 Å². The quantitative estimate of drug-likeness (QED) is 0.568. The molecular formula is C24H33N2O2+. The van der Waals surface area contributed by atoms with Gasteiger partial charge in [0.05, 0.1) is 32.3 Å². The first kappa shape index (κ1) is 19.4. The van der Waals surface area contributed by atoms with Crippen molar-refractivity contribution in [1.82, 2.24) is 4.98 Å². The highest BCUT2D eigenvalue weighted by Crippen LogP contribution is 2.47. The molecule has 4 nitrogen and oxygen atoms in total. The lowest BCUT2D eigenvalue weighted by Crippen LogP contribution is -2.68. The first-order valence-electron chi connectivity index (χ1n) is 10.7. The molecule has 1 aromatic carbocycles. The maximum Gasteiger partial charge on any atom is 0.131 e. The Morgan fingerprint density at radius 1 is 1.39 bits per heavy atom. The number of pyridine rings is 1. The number of unbranched alkanes of at least 4 members (excludes halogenated alkanes) is 1. The van der Waals surface area contributed by atoms with Crippen LogP contribution in [-0.4, -0.2) is 47.4 Å². The van der Waals surface area contributed by atoms with E-state index < -0.39 is 6.10 Å². The second kappa shape index (κ2) is 7.84. The van der Waals surface area contributed by atoms with Crippen molar-refractivity contribution in [3.05, 3.63) is 48.7 Å². The van der Waals surface area contributed by atoms with Gasteiger partial charge >= 0.3 is 0 Å².